The van der Waals surface area contributed by atoms with Crippen LogP contribution in [0.1, 0.15) is 19.3 Å². The van der Waals surface area contributed by atoms with Crippen molar-refractivity contribution in [3.63, 3.8) is 0 Å². The molecule has 0 fully saturated rings. The highest BCUT2D eigenvalue weighted by Crippen LogP contribution is 2.14. The Bertz CT molecular complexity index is 101. The molecule has 9 heavy (non-hydrogen) atoms. The van der Waals surface area contributed by atoms with E-state index in [4.69, 9.17) is 0 Å². The monoisotopic (exact) mass is 143 g/mol. The van der Waals surface area contributed by atoms with Gasteiger partial charge < -0.3 is 0 Å². The third-order valence-electron chi connectivity index (χ3n) is 1.73. The minimum atomic E-state index is 0.826. The van der Waals surface area contributed by atoms with Crippen LogP contribution in [0.3, 0.4) is 0 Å². The Morgan fingerprint density at radius 3 is 3.11 bits per heavy atom. The maximum Gasteiger partial charge on any atom is 0.0414 e. The summed E-state index contributed by atoms with van der Waals surface area (Å²) in [5, 5.41) is 0. The molecule has 1 nitrogen and oxygen atoms in total. The molecule has 0 N–H and O–H groups in total. The predicted molar refractivity (Wildman–Crippen MR) is 44.6 cm³/mol. The first kappa shape index (κ1) is 7.13. The third kappa shape index (κ3) is 2.39. The lowest BCUT2D eigenvalue weighted by atomic mass is 9.99. The summed E-state index contributed by atoms with van der Waals surface area (Å²) in [7, 11) is 0. The van der Waals surface area contributed by atoms with E-state index in [1.807, 2.05) is 6.21 Å². The average molecular weight is 143 g/mol. The minimum Gasteiger partial charge on any atom is -0.297 e. The highest BCUT2D eigenvalue weighted by molar-refractivity contribution is 7.80. The van der Waals surface area contributed by atoms with Crippen LogP contribution in [0.15, 0.2) is 4.99 Å². The summed E-state index contributed by atoms with van der Waals surface area (Å²) in [5.41, 5.74) is 0. The first-order chi connectivity index (χ1) is 4.43. The van der Waals surface area contributed by atoms with Crippen LogP contribution in [0.25, 0.3) is 0 Å². The van der Waals surface area contributed by atoms with Gasteiger partial charge in [0.15, 0.2) is 0 Å². The molecule has 1 unspecified atom stereocenters. The fraction of sp³-hybridized carbons (Fsp3) is 0.857. The summed E-state index contributed by atoms with van der Waals surface area (Å²) >= 11 is 4.18. The maximum atomic E-state index is 4.22. The van der Waals surface area contributed by atoms with Crippen molar-refractivity contribution in [1.82, 2.24) is 0 Å². The molecule has 0 bridgehead atoms. The van der Waals surface area contributed by atoms with Gasteiger partial charge in [-0.1, -0.05) is 0 Å². The molecule has 0 aromatic carbocycles. The van der Waals surface area contributed by atoms with Gasteiger partial charge in [-0.15, -0.1) is 0 Å². The molecule has 0 saturated carbocycles. The van der Waals surface area contributed by atoms with Crippen molar-refractivity contribution in [3.8, 4) is 0 Å². The van der Waals surface area contributed by atoms with Gasteiger partial charge in [0.05, 0.1) is 0 Å². The van der Waals surface area contributed by atoms with E-state index in [0.29, 0.717) is 0 Å². The van der Waals surface area contributed by atoms with Gasteiger partial charge in [0.25, 0.3) is 0 Å². The van der Waals surface area contributed by atoms with E-state index in [1.165, 1.54) is 19.3 Å². The third-order valence-corrected chi connectivity index (χ3v) is 1.99. The molecule has 0 aromatic heterocycles. The lowest BCUT2D eigenvalue weighted by Crippen LogP contribution is -2.09. The van der Waals surface area contributed by atoms with Crippen LogP contribution in [0.5, 0.6) is 0 Å². The van der Waals surface area contributed by atoms with E-state index < -0.39 is 0 Å². The number of nitrogens with zero attached hydrogens (tertiary/aromatic N) is 1. The van der Waals surface area contributed by atoms with Gasteiger partial charge in [0.1, 0.15) is 0 Å². The molecule has 1 aliphatic rings. The standard InChI is InChI=1S/C7H13NS/c9-5-3-7-2-1-4-8-6-7/h4,7,9H,1-3,5-6H2. The van der Waals surface area contributed by atoms with Gasteiger partial charge in [-0.25, -0.2) is 0 Å². The summed E-state index contributed by atoms with van der Waals surface area (Å²) < 4.78 is 0. The molecule has 0 saturated heterocycles. The van der Waals surface area contributed by atoms with E-state index >= 15 is 0 Å². The Balaban J connectivity index is 2.18. The molecule has 0 aromatic rings. The maximum absolute atomic E-state index is 4.22. The van der Waals surface area contributed by atoms with Crippen molar-refractivity contribution >= 4 is 18.8 Å². The van der Waals surface area contributed by atoms with Gasteiger partial charge in [0.2, 0.25) is 0 Å². The number of rotatable bonds is 2. The molecule has 1 aliphatic heterocycles. The second-order valence-electron chi connectivity index (χ2n) is 2.50. The van der Waals surface area contributed by atoms with Crippen LogP contribution in [-0.4, -0.2) is 18.5 Å². The summed E-state index contributed by atoms with van der Waals surface area (Å²) in [6, 6.07) is 0. The van der Waals surface area contributed by atoms with Gasteiger partial charge >= 0.3 is 0 Å². The fourth-order valence-electron chi connectivity index (χ4n) is 1.13. The van der Waals surface area contributed by atoms with Gasteiger partial charge in [0, 0.05) is 6.54 Å². The zero-order valence-corrected chi connectivity index (χ0v) is 6.48. The average Bonchev–Trinajstić information content (AvgIpc) is 1.91. The summed E-state index contributed by atoms with van der Waals surface area (Å²) in [6.45, 7) is 1.04. The van der Waals surface area contributed by atoms with E-state index in [9.17, 15) is 0 Å². The second-order valence-corrected chi connectivity index (χ2v) is 2.95. The van der Waals surface area contributed by atoms with E-state index in [1.54, 1.807) is 0 Å². The van der Waals surface area contributed by atoms with Crippen LogP contribution >= 0.6 is 12.6 Å². The molecule has 0 amide bonds. The van der Waals surface area contributed by atoms with Crippen molar-refractivity contribution in [3.05, 3.63) is 0 Å². The quantitative estimate of drug-likeness (QED) is 0.566. The van der Waals surface area contributed by atoms with Gasteiger partial charge in [-0.05, 0) is 37.1 Å². The normalized spacial score (nSPS) is 26.6. The fourth-order valence-corrected chi connectivity index (χ4v) is 1.50. The van der Waals surface area contributed by atoms with Crippen molar-refractivity contribution in [1.29, 1.82) is 0 Å². The second kappa shape index (κ2) is 3.94. The molecule has 0 spiro atoms. The van der Waals surface area contributed by atoms with Crippen molar-refractivity contribution in [2.24, 2.45) is 10.9 Å². The SMILES string of the molecule is SCCC1CCC=NC1. The van der Waals surface area contributed by atoms with Crippen molar-refractivity contribution < 1.29 is 0 Å². The lowest BCUT2D eigenvalue weighted by Gasteiger charge is -2.14. The highest BCUT2D eigenvalue weighted by Gasteiger charge is 2.08. The minimum absolute atomic E-state index is 0.826. The Kier molecular flexibility index (Phi) is 3.12. The number of hydrogen-bond acceptors (Lipinski definition) is 2. The van der Waals surface area contributed by atoms with Crippen LogP contribution in [0, 0.1) is 5.92 Å². The molecular weight excluding hydrogens is 130 g/mol. The highest BCUT2D eigenvalue weighted by atomic mass is 32.1. The Morgan fingerprint density at radius 2 is 2.56 bits per heavy atom. The largest absolute Gasteiger partial charge is 0.297 e. The van der Waals surface area contributed by atoms with Crippen LogP contribution in [0.4, 0.5) is 0 Å². The van der Waals surface area contributed by atoms with Crippen LogP contribution in [-0.2, 0) is 0 Å². The van der Waals surface area contributed by atoms with Crippen LogP contribution < -0.4 is 0 Å². The molecule has 52 valence electrons. The predicted octanol–water partition coefficient (Wildman–Crippen LogP) is 1.79. The van der Waals surface area contributed by atoms with Gasteiger partial charge in [-0.2, -0.15) is 12.6 Å². The molecule has 1 heterocycles. The molecule has 1 rings (SSSR count). The number of aliphatic imine (C=N–C) groups is 1. The number of hydrogen-bond donors (Lipinski definition) is 1. The first-order valence-corrected chi connectivity index (χ1v) is 4.16. The van der Waals surface area contributed by atoms with Crippen molar-refractivity contribution in [2.75, 3.05) is 12.3 Å². The molecule has 1 atom stereocenters. The van der Waals surface area contributed by atoms with Crippen molar-refractivity contribution in [2.45, 2.75) is 19.3 Å². The molecule has 2 heteroatoms. The molecular formula is C7H13NS. The smallest absolute Gasteiger partial charge is 0.0414 e. The van der Waals surface area contributed by atoms with Gasteiger partial charge in [-0.3, -0.25) is 4.99 Å². The Morgan fingerprint density at radius 1 is 1.67 bits per heavy atom. The molecule has 0 aliphatic carbocycles. The topological polar surface area (TPSA) is 12.4 Å². The Labute approximate surface area is 62.0 Å². The zero-order valence-electron chi connectivity index (χ0n) is 5.58. The summed E-state index contributed by atoms with van der Waals surface area (Å²) in [6.07, 6.45) is 5.78. The zero-order chi connectivity index (χ0) is 6.53. The van der Waals surface area contributed by atoms with E-state index in [-0.39, 0.29) is 0 Å². The Hall–Kier alpha value is 0.0200. The van der Waals surface area contributed by atoms with Crippen LogP contribution in [0.2, 0.25) is 0 Å². The van der Waals surface area contributed by atoms with E-state index in [0.717, 1.165) is 18.2 Å². The summed E-state index contributed by atoms with van der Waals surface area (Å²) in [4.78, 5) is 4.22. The lowest BCUT2D eigenvalue weighted by molar-refractivity contribution is 0.484. The van der Waals surface area contributed by atoms with E-state index in [2.05, 4.69) is 17.6 Å². The first-order valence-electron chi connectivity index (χ1n) is 3.52. The summed E-state index contributed by atoms with van der Waals surface area (Å²) in [5.74, 6) is 1.84. The molecule has 0 radical (unpaired) electrons. The number of thiol groups is 1.